The second-order valence-corrected chi connectivity index (χ2v) is 6.32. The third-order valence-corrected chi connectivity index (χ3v) is 4.24. The summed E-state index contributed by atoms with van der Waals surface area (Å²) in [6.07, 6.45) is 2.63. The summed E-state index contributed by atoms with van der Waals surface area (Å²) in [6.45, 7) is 10.3. The number of carbonyl (C=O) groups is 1. The molecule has 4 nitrogen and oxygen atoms in total. The number of hydrogen-bond acceptors (Lipinski definition) is 4. The fraction of sp³-hybridized carbons (Fsp3) is 0.421. The highest BCUT2D eigenvalue weighted by atomic mass is 127. The summed E-state index contributed by atoms with van der Waals surface area (Å²) in [5, 5.41) is 0. The van der Waals surface area contributed by atoms with Gasteiger partial charge in [0.2, 0.25) is 0 Å². The molecule has 1 atom stereocenters. The first-order valence-electron chi connectivity index (χ1n) is 8.05. The second kappa shape index (κ2) is 11.1. The predicted octanol–water partition coefficient (Wildman–Crippen LogP) is 4.82. The van der Waals surface area contributed by atoms with Crippen LogP contribution in [0.3, 0.4) is 0 Å². The molecule has 0 amide bonds. The van der Waals surface area contributed by atoms with Crippen molar-refractivity contribution in [2.24, 2.45) is 0 Å². The molecule has 0 saturated heterocycles. The summed E-state index contributed by atoms with van der Waals surface area (Å²) in [5.74, 6) is 1.33. The van der Waals surface area contributed by atoms with Gasteiger partial charge in [0, 0.05) is 12.0 Å². The van der Waals surface area contributed by atoms with Gasteiger partial charge in [0.15, 0.2) is 0 Å². The highest BCUT2D eigenvalue weighted by Gasteiger charge is 2.13. The Kier molecular flexibility index (Phi) is 9.52. The standard InChI is InChI=1S/C19H25IO4/c1-5-16(20)17(6-2)23-13-14(4)24-18-11-9-8-10-15(18)12-19(21)22-7-3/h5,8-11,14H,1,6-7,12-13H2,2-4H3/b17-16-. The second-order valence-electron chi connectivity index (χ2n) is 5.16. The number of halogens is 1. The quantitative estimate of drug-likeness (QED) is 0.225. The molecule has 0 saturated carbocycles. The van der Waals surface area contributed by atoms with E-state index in [1.165, 1.54) is 0 Å². The average molecular weight is 444 g/mol. The third kappa shape index (κ3) is 6.95. The molecule has 132 valence electrons. The van der Waals surface area contributed by atoms with E-state index in [1.54, 1.807) is 13.0 Å². The maximum Gasteiger partial charge on any atom is 0.310 e. The van der Waals surface area contributed by atoms with Crippen LogP contribution in [0, 0.1) is 0 Å². The van der Waals surface area contributed by atoms with Crippen molar-refractivity contribution < 1.29 is 19.0 Å². The van der Waals surface area contributed by atoms with Crippen molar-refractivity contribution in [2.45, 2.75) is 39.7 Å². The highest BCUT2D eigenvalue weighted by molar-refractivity contribution is 14.1. The Morgan fingerprint density at radius 2 is 2.00 bits per heavy atom. The zero-order chi connectivity index (χ0) is 17.9. The van der Waals surface area contributed by atoms with Crippen LogP contribution in [0.5, 0.6) is 5.75 Å². The Morgan fingerprint density at radius 3 is 2.62 bits per heavy atom. The van der Waals surface area contributed by atoms with Crippen LogP contribution in [0.25, 0.3) is 0 Å². The van der Waals surface area contributed by atoms with Crippen molar-refractivity contribution in [1.29, 1.82) is 0 Å². The van der Waals surface area contributed by atoms with Gasteiger partial charge >= 0.3 is 5.97 Å². The Labute approximate surface area is 158 Å². The van der Waals surface area contributed by atoms with Gasteiger partial charge in [-0.05, 0) is 42.5 Å². The summed E-state index contributed by atoms with van der Waals surface area (Å²) in [6, 6.07) is 7.50. The molecular weight excluding hydrogens is 419 g/mol. The Balaban J connectivity index is 2.68. The SMILES string of the molecule is C=C/C(I)=C(\CC)OCC(C)Oc1ccccc1CC(=O)OCC. The molecule has 0 fully saturated rings. The van der Waals surface area contributed by atoms with E-state index in [0.29, 0.717) is 19.0 Å². The van der Waals surface area contributed by atoms with Crippen LogP contribution >= 0.6 is 22.6 Å². The molecule has 0 heterocycles. The van der Waals surface area contributed by atoms with Crippen molar-refractivity contribution in [3.8, 4) is 5.75 Å². The minimum atomic E-state index is -0.255. The molecule has 5 heteroatoms. The van der Waals surface area contributed by atoms with Crippen molar-refractivity contribution in [3.05, 3.63) is 51.8 Å². The van der Waals surface area contributed by atoms with E-state index in [2.05, 4.69) is 29.2 Å². The van der Waals surface area contributed by atoms with E-state index in [-0.39, 0.29) is 18.5 Å². The maximum atomic E-state index is 11.7. The van der Waals surface area contributed by atoms with Gasteiger partial charge in [0.05, 0.1) is 16.6 Å². The number of hydrogen-bond donors (Lipinski definition) is 0. The third-order valence-electron chi connectivity index (χ3n) is 3.20. The largest absolute Gasteiger partial charge is 0.493 e. The molecule has 1 aromatic carbocycles. The van der Waals surface area contributed by atoms with Crippen molar-refractivity contribution in [2.75, 3.05) is 13.2 Å². The molecule has 0 aliphatic rings. The maximum absolute atomic E-state index is 11.7. The fourth-order valence-corrected chi connectivity index (χ4v) is 2.59. The van der Waals surface area contributed by atoms with Crippen LogP contribution in [0.15, 0.2) is 46.3 Å². The number of para-hydroxylation sites is 1. The molecule has 0 spiro atoms. The number of benzene rings is 1. The molecule has 1 aromatic rings. The summed E-state index contributed by atoms with van der Waals surface area (Å²) >= 11 is 2.21. The van der Waals surface area contributed by atoms with Crippen LogP contribution in [0.4, 0.5) is 0 Å². The molecular formula is C19H25IO4. The van der Waals surface area contributed by atoms with Gasteiger partial charge in [-0.15, -0.1) is 0 Å². The Bertz CT molecular complexity index is 580. The molecule has 1 rings (SSSR count). The van der Waals surface area contributed by atoms with Crippen LogP contribution in [0.1, 0.15) is 32.8 Å². The highest BCUT2D eigenvalue weighted by Crippen LogP contribution is 2.22. The van der Waals surface area contributed by atoms with Crippen molar-refractivity contribution >= 4 is 28.6 Å². The number of esters is 1. The van der Waals surface area contributed by atoms with Crippen LogP contribution in [-0.4, -0.2) is 25.3 Å². The molecule has 0 aliphatic heterocycles. The van der Waals surface area contributed by atoms with Crippen LogP contribution in [0.2, 0.25) is 0 Å². The molecule has 0 aromatic heterocycles. The summed E-state index contributed by atoms with van der Waals surface area (Å²) < 4.78 is 17.8. The molecule has 0 aliphatic carbocycles. The van der Waals surface area contributed by atoms with E-state index < -0.39 is 0 Å². The predicted molar refractivity (Wildman–Crippen MR) is 104 cm³/mol. The van der Waals surface area contributed by atoms with Gasteiger partial charge in [-0.25, -0.2) is 0 Å². The first-order valence-corrected chi connectivity index (χ1v) is 9.13. The smallest absolute Gasteiger partial charge is 0.310 e. The normalized spacial score (nSPS) is 12.8. The summed E-state index contributed by atoms with van der Waals surface area (Å²) in [4.78, 5) is 11.7. The number of rotatable bonds is 10. The molecule has 0 N–H and O–H groups in total. The minimum Gasteiger partial charge on any atom is -0.493 e. The lowest BCUT2D eigenvalue weighted by molar-refractivity contribution is -0.142. The summed E-state index contributed by atoms with van der Waals surface area (Å²) in [7, 11) is 0. The van der Waals surface area contributed by atoms with Crippen molar-refractivity contribution in [3.63, 3.8) is 0 Å². The van der Waals surface area contributed by atoms with E-state index in [1.807, 2.05) is 38.1 Å². The lowest BCUT2D eigenvalue weighted by Crippen LogP contribution is -2.20. The molecule has 1 unspecified atom stereocenters. The van der Waals surface area contributed by atoms with Gasteiger partial charge in [-0.2, -0.15) is 0 Å². The average Bonchev–Trinajstić information content (AvgIpc) is 2.57. The van der Waals surface area contributed by atoms with Gasteiger partial charge in [-0.1, -0.05) is 37.8 Å². The van der Waals surface area contributed by atoms with Gasteiger partial charge in [0.1, 0.15) is 24.2 Å². The molecule has 24 heavy (non-hydrogen) atoms. The van der Waals surface area contributed by atoms with Gasteiger partial charge < -0.3 is 14.2 Å². The minimum absolute atomic E-state index is 0.149. The lowest BCUT2D eigenvalue weighted by Gasteiger charge is -2.19. The fourth-order valence-electron chi connectivity index (χ4n) is 2.05. The van der Waals surface area contributed by atoms with Gasteiger partial charge in [-0.3, -0.25) is 4.79 Å². The van der Waals surface area contributed by atoms with Crippen LogP contribution in [-0.2, 0) is 20.7 Å². The van der Waals surface area contributed by atoms with Gasteiger partial charge in [0.25, 0.3) is 0 Å². The number of ether oxygens (including phenoxy) is 3. The topological polar surface area (TPSA) is 44.8 Å². The number of allylic oxidation sites excluding steroid dienone is 3. The monoisotopic (exact) mass is 444 g/mol. The number of carbonyl (C=O) groups excluding carboxylic acids is 1. The van der Waals surface area contributed by atoms with E-state index in [9.17, 15) is 4.79 Å². The molecule has 0 radical (unpaired) electrons. The van der Waals surface area contributed by atoms with Crippen LogP contribution < -0.4 is 4.74 Å². The van der Waals surface area contributed by atoms with E-state index >= 15 is 0 Å². The summed E-state index contributed by atoms with van der Waals surface area (Å²) in [5.41, 5.74) is 0.815. The molecule has 0 bridgehead atoms. The zero-order valence-electron chi connectivity index (χ0n) is 14.5. The Morgan fingerprint density at radius 1 is 1.29 bits per heavy atom. The first-order chi connectivity index (χ1) is 11.5. The van der Waals surface area contributed by atoms with Crippen molar-refractivity contribution in [1.82, 2.24) is 0 Å². The zero-order valence-corrected chi connectivity index (χ0v) is 16.7. The van der Waals surface area contributed by atoms with E-state index in [4.69, 9.17) is 14.2 Å². The lowest BCUT2D eigenvalue weighted by atomic mass is 10.1. The van der Waals surface area contributed by atoms with E-state index in [0.717, 1.165) is 21.3 Å². The Hall–Kier alpha value is -1.50. The first kappa shape index (κ1) is 20.5.